The van der Waals surface area contributed by atoms with Gasteiger partial charge in [-0.15, -0.1) is 0 Å². The standard InChI is InChI=1S/C10H17N3O3S/c1-7-9(8(2)13-12-7)17(15,16)11-5-10(6-14)3-4-10/h11,14H,3-6H2,1-2H3,(H,12,13). The van der Waals surface area contributed by atoms with E-state index in [9.17, 15) is 8.42 Å². The van der Waals surface area contributed by atoms with Crippen molar-refractivity contribution in [3.63, 3.8) is 0 Å². The second kappa shape index (κ2) is 4.08. The highest BCUT2D eigenvalue weighted by atomic mass is 32.2. The van der Waals surface area contributed by atoms with E-state index in [1.54, 1.807) is 13.8 Å². The third-order valence-electron chi connectivity index (χ3n) is 3.26. The lowest BCUT2D eigenvalue weighted by Crippen LogP contribution is -2.32. The zero-order chi connectivity index (χ0) is 12.7. The maximum atomic E-state index is 12.1. The third-order valence-corrected chi connectivity index (χ3v) is 4.92. The zero-order valence-corrected chi connectivity index (χ0v) is 10.8. The first-order valence-corrected chi connectivity index (χ1v) is 7.01. The number of hydrogen-bond acceptors (Lipinski definition) is 4. The summed E-state index contributed by atoms with van der Waals surface area (Å²) in [5, 5.41) is 15.7. The minimum Gasteiger partial charge on any atom is -0.396 e. The van der Waals surface area contributed by atoms with Crippen molar-refractivity contribution in [1.82, 2.24) is 14.9 Å². The highest BCUT2D eigenvalue weighted by Gasteiger charge is 2.43. The summed E-state index contributed by atoms with van der Waals surface area (Å²) in [6.45, 7) is 3.64. The van der Waals surface area contributed by atoms with Gasteiger partial charge in [0, 0.05) is 18.6 Å². The van der Waals surface area contributed by atoms with E-state index < -0.39 is 10.0 Å². The van der Waals surface area contributed by atoms with Crippen molar-refractivity contribution in [1.29, 1.82) is 0 Å². The molecular weight excluding hydrogens is 242 g/mol. The summed E-state index contributed by atoms with van der Waals surface area (Å²) in [5.41, 5.74) is 0.756. The predicted octanol–water partition coefficient (Wildman–Crippen LogP) is 0.0773. The molecule has 1 fully saturated rings. The number of sulfonamides is 1. The minimum absolute atomic E-state index is 0.0267. The highest BCUT2D eigenvalue weighted by molar-refractivity contribution is 7.89. The molecule has 0 aromatic carbocycles. The number of H-pyrrole nitrogens is 1. The van der Waals surface area contributed by atoms with E-state index in [1.165, 1.54) is 0 Å². The Morgan fingerprint density at radius 1 is 1.47 bits per heavy atom. The average Bonchev–Trinajstić information content (AvgIpc) is 2.97. The molecule has 0 saturated heterocycles. The summed E-state index contributed by atoms with van der Waals surface area (Å²) in [5.74, 6) is 0. The van der Waals surface area contributed by atoms with Crippen LogP contribution >= 0.6 is 0 Å². The molecule has 1 saturated carbocycles. The molecule has 0 amide bonds. The number of aromatic nitrogens is 2. The van der Waals surface area contributed by atoms with E-state index >= 15 is 0 Å². The van der Waals surface area contributed by atoms with Crippen LogP contribution in [0.15, 0.2) is 4.90 Å². The largest absolute Gasteiger partial charge is 0.396 e. The number of aryl methyl sites for hydroxylation is 2. The molecule has 0 aliphatic heterocycles. The van der Waals surface area contributed by atoms with Gasteiger partial charge in [-0.05, 0) is 26.7 Å². The van der Waals surface area contributed by atoms with Crippen LogP contribution in [0.25, 0.3) is 0 Å². The number of aromatic amines is 1. The lowest BCUT2D eigenvalue weighted by molar-refractivity contribution is 0.213. The molecule has 1 aliphatic rings. The first-order chi connectivity index (χ1) is 7.90. The lowest BCUT2D eigenvalue weighted by atomic mass is 10.1. The first-order valence-electron chi connectivity index (χ1n) is 5.52. The Hall–Kier alpha value is -0.920. The van der Waals surface area contributed by atoms with Crippen LogP contribution in [-0.2, 0) is 10.0 Å². The summed E-state index contributed by atoms with van der Waals surface area (Å²) in [7, 11) is -3.54. The molecule has 2 rings (SSSR count). The third kappa shape index (κ3) is 2.36. The molecule has 0 bridgehead atoms. The van der Waals surface area contributed by atoms with Gasteiger partial charge in [0.2, 0.25) is 10.0 Å². The second-order valence-corrected chi connectivity index (χ2v) is 6.45. The first kappa shape index (κ1) is 12.5. The summed E-state index contributed by atoms with van der Waals surface area (Å²) in [4.78, 5) is 0.214. The number of hydrogen-bond donors (Lipinski definition) is 3. The quantitative estimate of drug-likeness (QED) is 0.697. The van der Waals surface area contributed by atoms with Gasteiger partial charge in [0.1, 0.15) is 4.90 Å². The zero-order valence-electron chi connectivity index (χ0n) is 9.95. The number of nitrogens with zero attached hydrogens (tertiary/aromatic N) is 1. The number of aliphatic hydroxyl groups is 1. The van der Waals surface area contributed by atoms with Crippen LogP contribution < -0.4 is 4.72 Å². The van der Waals surface area contributed by atoms with Crippen LogP contribution in [0, 0.1) is 19.3 Å². The van der Waals surface area contributed by atoms with Crippen LogP contribution in [0.1, 0.15) is 24.2 Å². The van der Waals surface area contributed by atoms with Gasteiger partial charge >= 0.3 is 0 Å². The van der Waals surface area contributed by atoms with Gasteiger partial charge in [-0.3, -0.25) is 5.10 Å². The number of aliphatic hydroxyl groups excluding tert-OH is 1. The van der Waals surface area contributed by atoms with E-state index in [-0.39, 0.29) is 23.5 Å². The van der Waals surface area contributed by atoms with Crippen LogP contribution in [0.2, 0.25) is 0 Å². The van der Waals surface area contributed by atoms with Crippen LogP contribution in [0.4, 0.5) is 0 Å². The van der Waals surface area contributed by atoms with E-state index in [0.717, 1.165) is 12.8 Å². The molecule has 1 aliphatic carbocycles. The molecule has 1 heterocycles. The Morgan fingerprint density at radius 2 is 2.12 bits per heavy atom. The lowest BCUT2D eigenvalue weighted by Gasteiger charge is -2.13. The SMILES string of the molecule is Cc1n[nH]c(C)c1S(=O)(=O)NCC1(CO)CC1. The Bertz CT molecular complexity index is 497. The van der Waals surface area contributed by atoms with Crippen LogP contribution in [0.3, 0.4) is 0 Å². The Kier molecular flexibility index (Phi) is 3.01. The second-order valence-electron chi connectivity index (χ2n) is 4.75. The Labute approximate surface area is 100 Å². The van der Waals surface area contributed by atoms with Crippen molar-refractivity contribution < 1.29 is 13.5 Å². The predicted molar refractivity (Wildman–Crippen MR) is 62.0 cm³/mol. The summed E-state index contributed by atoms with van der Waals surface area (Å²) in [6.07, 6.45) is 1.74. The Morgan fingerprint density at radius 3 is 2.53 bits per heavy atom. The smallest absolute Gasteiger partial charge is 0.244 e. The molecule has 0 radical (unpaired) electrons. The molecule has 3 N–H and O–H groups in total. The van der Waals surface area contributed by atoms with Gasteiger partial charge < -0.3 is 5.11 Å². The number of rotatable bonds is 5. The minimum atomic E-state index is -3.54. The van der Waals surface area contributed by atoms with E-state index in [0.29, 0.717) is 11.4 Å². The highest BCUT2D eigenvalue weighted by Crippen LogP contribution is 2.44. The molecular formula is C10H17N3O3S. The molecule has 0 spiro atoms. The molecule has 1 aromatic heterocycles. The van der Waals surface area contributed by atoms with Crippen molar-refractivity contribution in [3.05, 3.63) is 11.4 Å². The van der Waals surface area contributed by atoms with E-state index in [1.807, 2.05) is 0 Å². The van der Waals surface area contributed by atoms with Crippen molar-refractivity contribution in [2.24, 2.45) is 5.41 Å². The van der Waals surface area contributed by atoms with Gasteiger partial charge in [0.25, 0.3) is 0 Å². The van der Waals surface area contributed by atoms with Gasteiger partial charge in [0.05, 0.1) is 11.4 Å². The number of nitrogens with one attached hydrogen (secondary N) is 2. The summed E-state index contributed by atoms with van der Waals surface area (Å²) >= 11 is 0. The van der Waals surface area contributed by atoms with Gasteiger partial charge in [-0.2, -0.15) is 5.10 Å². The molecule has 7 heteroatoms. The molecule has 0 atom stereocenters. The van der Waals surface area contributed by atoms with Crippen molar-refractivity contribution in [2.75, 3.05) is 13.2 Å². The molecule has 17 heavy (non-hydrogen) atoms. The molecule has 0 unspecified atom stereocenters. The fourth-order valence-electron chi connectivity index (χ4n) is 1.82. The maximum Gasteiger partial charge on any atom is 0.244 e. The molecule has 96 valence electrons. The van der Waals surface area contributed by atoms with Crippen molar-refractivity contribution in [3.8, 4) is 0 Å². The van der Waals surface area contributed by atoms with Crippen LogP contribution in [-0.4, -0.2) is 36.9 Å². The molecule has 6 nitrogen and oxygen atoms in total. The monoisotopic (exact) mass is 259 g/mol. The Balaban J connectivity index is 2.15. The average molecular weight is 259 g/mol. The van der Waals surface area contributed by atoms with E-state index in [2.05, 4.69) is 14.9 Å². The van der Waals surface area contributed by atoms with Crippen molar-refractivity contribution >= 4 is 10.0 Å². The van der Waals surface area contributed by atoms with E-state index in [4.69, 9.17) is 5.11 Å². The summed E-state index contributed by atoms with van der Waals surface area (Å²) in [6, 6.07) is 0. The van der Waals surface area contributed by atoms with Gasteiger partial charge in [-0.25, -0.2) is 13.1 Å². The fourth-order valence-corrected chi connectivity index (χ4v) is 3.35. The molecule has 1 aromatic rings. The van der Waals surface area contributed by atoms with Crippen molar-refractivity contribution in [2.45, 2.75) is 31.6 Å². The fraction of sp³-hybridized carbons (Fsp3) is 0.700. The maximum absolute atomic E-state index is 12.1. The summed E-state index contributed by atoms with van der Waals surface area (Å²) < 4.78 is 26.7. The topological polar surface area (TPSA) is 95.1 Å². The van der Waals surface area contributed by atoms with Crippen LogP contribution in [0.5, 0.6) is 0 Å². The van der Waals surface area contributed by atoms with Gasteiger partial charge in [-0.1, -0.05) is 0 Å². The normalized spacial score (nSPS) is 18.3. The van der Waals surface area contributed by atoms with Gasteiger partial charge in [0.15, 0.2) is 0 Å².